The van der Waals surface area contributed by atoms with E-state index in [1.54, 1.807) is 0 Å². The van der Waals surface area contributed by atoms with Crippen LogP contribution < -0.4 is 10.2 Å². The lowest BCUT2D eigenvalue weighted by Crippen LogP contribution is -2.37. The Kier molecular flexibility index (Phi) is 10.2. The van der Waals surface area contributed by atoms with Gasteiger partial charge in [0.2, 0.25) is 0 Å². The fraction of sp³-hybridized carbons (Fsp3) is 0.652. The first-order valence-corrected chi connectivity index (χ1v) is 10.8. The smallest absolute Gasteiger partial charge is 0.251 e. The maximum absolute atomic E-state index is 12.2. The van der Waals surface area contributed by atoms with Crippen molar-refractivity contribution in [3.63, 3.8) is 0 Å². The van der Waals surface area contributed by atoms with Gasteiger partial charge in [0.25, 0.3) is 5.91 Å². The highest BCUT2D eigenvalue weighted by molar-refractivity contribution is 5.94. The van der Waals surface area contributed by atoms with Crippen molar-refractivity contribution < 1.29 is 20.5 Å². The molecule has 0 aliphatic carbocycles. The molecule has 1 heterocycles. The third-order valence-electron chi connectivity index (χ3n) is 5.21. The highest BCUT2D eigenvalue weighted by Gasteiger charge is 2.26. The zero-order valence-corrected chi connectivity index (χ0v) is 18.1. The Bertz CT molecular complexity index is 629. The Hall–Kier alpha value is -1.92. The summed E-state index contributed by atoms with van der Waals surface area (Å²) in [5.74, 6) is 0.596. The summed E-state index contributed by atoms with van der Waals surface area (Å²) in [6.45, 7) is 10.6. The quantitative estimate of drug-likeness (QED) is 0.538. The lowest BCUT2D eigenvalue weighted by molar-refractivity contribution is -0.126. The molecule has 164 valence electrons. The van der Waals surface area contributed by atoms with Crippen LogP contribution in [0.15, 0.2) is 24.3 Å². The SMILES string of the molecule is CCCOCCOCCNC(=O)c1ccc(N2CCC(C(=O)C(C)C)CC2)cc1.[HH]. The monoisotopic (exact) mass is 406 g/mol. The largest absolute Gasteiger partial charge is 0.379 e. The van der Waals surface area contributed by atoms with Crippen LogP contribution in [-0.4, -0.2) is 57.8 Å². The first-order valence-electron chi connectivity index (χ1n) is 10.8. The predicted molar refractivity (Wildman–Crippen MR) is 118 cm³/mol. The van der Waals surface area contributed by atoms with Crippen molar-refractivity contribution in [1.29, 1.82) is 0 Å². The van der Waals surface area contributed by atoms with Gasteiger partial charge in [0.05, 0.1) is 19.8 Å². The number of nitrogens with zero attached hydrogens (tertiary/aromatic N) is 1. The van der Waals surface area contributed by atoms with E-state index >= 15 is 0 Å². The minimum absolute atomic E-state index is 0. The summed E-state index contributed by atoms with van der Waals surface area (Å²) >= 11 is 0. The number of anilines is 1. The third-order valence-corrected chi connectivity index (χ3v) is 5.21. The summed E-state index contributed by atoms with van der Waals surface area (Å²) in [6, 6.07) is 7.69. The number of carbonyl (C=O) groups excluding carboxylic acids is 2. The number of nitrogens with one attached hydrogen (secondary N) is 1. The normalized spacial score (nSPS) is 15.0. The van der Waals surface area contributed by atoms with Crippen LogP contribution in [-0.2, 0) is 14.3 Å². The molecule has 0 spiro atoms. The van der Waals surface area contributed by atoms with E-state index in [4.69, 9.17) is 9.47 Å². The zero-order chi connectivity index (χ0) is 21.1. The van der Waals surface area contributed by atoms with Crippen LogP contribution in [0.3, 0.4) is 0 Å². The summed E-state index contributed by atoms with van der Waals surface area (Å²) in [7, 11) is 0. The van der Waals surface area contributed by atoms with Crippen LogP contribution >= 0.6 is 0 Å². The van der Waals surface area contributed by atoms with Crippen LogP contribution in [0.4, 0.5) is 5.69 Å². The first-order chi connectivity index (χ1) is 14.0. The Balaban J connectivity index is 0.00000450. The van der Waals surface area contributed by atoms with Crippen molar-refractivity contribution in [3.8, 4) is 0 Å². The molecule has 6 nitrogen and oxygen atoms in total. The molecule has 1 N–H and O–H groups in total. The van der Waals surface area contributed by atoms with Gasteiger partial charge in [-0.15, -0.1) is 0 Å². The molecular formula is C23H38N2O4. The van der Waals surface area contributed by atoms with Crippen molar-refractivity contribution in [2.45, 2.75) is 40.0 Å². The van der Waals surface area contributed by atoms with Gasteiger partial charge in [0, 0.05) is 50.8 Å². The molecule has 1 aliphatic rings. The minimum Gasteiger partial charge on any atom is -0.379 e. The number of Topliss-reactive ketones (excluding diaryl/α,β-unsaturated/α-hetero) is 1. The topological polar surface area (TPSA) is 67.9 Å². The van der Waals surface area contributed by atoms with Gasteiger partial charge in [-0.1, -0.05) is 20.8 Å². The summed E-state index contributed by atoms with van der Waals surface area (Å²) in [6.07, 6.45) is 2.82. The molecule has 1 aromatic carbocycles. The van der Waals surface area contributed by atoms with Gasteiger partial charge in [-0.3, -0.25) is 9.59 Å². The number of hydrogen-bond acceptors (Lipinski definition) is 5. The fourth-order valence-corrected chi connectivity index (χ4v) is 3.52. The number of hydrogen-bond donors (Lipinski definition) is 1. The molecule has 0 aromatic heterocycles. The maximum atomic E-state index is 12.2. The van der Waals surface area contributed by atoms with Gasteiger partial charge in [-0.2, -0.15) is 0 Å². The Morgan fingerprint density at radius 2 is 1.69 bits per heavy atom. The predicted octanol–water partition coefficient (Wildman–Crippen LogP) is 3.55. The highest BCUT2D eigenvalue weighted by Crippen LogP contribution is 2.25. The van der Waals surface area contributed by atoms with E-state index in [1.165, 1.54) is 0 Å². The van der Waals surface area contributed by atoms with Gasteiger partial charge in [0.15, 0.2) is 0 Å². The molecule has 2 rings (SSSR count). The van der Waals surface area contributed by atoms with Crippen LogP contribution in [0.5, 0.6) is 0 Å². The van der Waals surface area contributed by atoms with E-state index in [9.17, 15) is 9.59 Å². The Morgan fingerprint density at radius 1 is 1.07 bits per heavy atom. The maximum Gasteiger partial charge on any atom is 0.251 e. The third kappa shape index (κ3) is 7.78. The molecular weight excluding hydrogens is 368 g/mol. The number of piperidine rings is 1. The molecule has 0 atom stereocenters. The first kappa shape index (κ1) is 23.4. The summed E-state index contributed by atoms with van der Waals surface area (Å²) < 4.78 is 10.8. The van der Waals surface area contributed by atoms with Crippen molar-refractivity contribution in [2.24, 2.45) is 11.8 Å². The summed E-state index contributed by atoms with van der Waals surface area (Å²) in [4.78, 5) is 26.7. The van der Waals surface area contributed by atoms with Crippen LogP contribution in [0, 0.1) is 11.8 Å². The molecule has 1 fully saturated rings. The average Bonchev–Trinajstić information content (AvgIpc) is 2.75. The van der Waals surface area contributed by atoms with Gasteiger partial charge in [-0.25, -0.2) is 0 Å². The second-order valence-electron chi connectivity index (χ2n) is 7.85. The van der Waals surface area contributed by atoms with Gasteiger partial charge in [-0.05, 0) is 43.5 Å². The molecule has 0 bridgehead atoms. The fourth-order valence-electron chi connectivity index (χ4n) is 3.52. The minimum atomic E-state index is -0.0939. The molecule has 6 heteroatoms. The average molecular weight is 407 g/mol. The van der Waals surface area contributed by atoms with Gasteiger partial charge >= 0.3 is 0 Å². The lowest BCUT2D eigenvalue weighted by atomic mass is 9.87. The zero-order valence-electron chi connectivity index (χ0n) is 18.1. The Labute approximate surface area is 176 Å². The molecule has 1 saturated heterocycles. The van der Waals surface area contributed by atoms with Crippen LogP contribution in [0.2, 0.25) is 0 Å². The molecule has 29 heavy (non-hydrogen) atoms. The van der Waals surface area contributed by atoms with Crippen molar-refractivity contribution in [2.75, 3.05) is 51.0 Å². The molecule has 1 aliphatic heterocycles. The van der Waals surface area contributed by atoms with E-state index < -0.39 is 0 Å². The van der Waals surface area contributed by atoms with Crippen molar-refractivity contribution >= 4 is 17.4 Å². The molecule has 0 unspecified atom stereocenters. The van der Waals surface area contributed by atoms with E-state index in [0.29, 0.717) is 37.7 Å². The number of benzene rings is 1. The number of carbonyl (C=O) groups is 2. The highest BCUT2D eigenvalue weighted by atomic mass is 16.5. The van der Waals surface area contributed by atoms with E-state index in [-0.39, 0.29) is 19.2 Å². The number of rotatable bonds is 12. The molecule has 1 amide bonds. The lowest BCUT2D eigenvalue weighted by Gasteiger charge is -2.33. The second kappa shape index (κ2) is 12.6. The van der Waals surface area contributed by atoms with E-state index in [1.807, 2.05) is 38.1 Å². The number of ether oxygens (including phenoxy) is 2. The second-order valence-corrected chi connectivity index (χ2v) is 7.85. The molecule has 1 aromatic rings. The number of amides is 1. The van der Waals surface area contributed by atoms with E-state index in [0.717, 1.165) is 44.6 Å². The summed E-state index contributed by atoms with van der Waals surface area (Å²) in [5.41, 5.74) is 1.75. The summed E-state index contributed by atoms with van der Waals surface area (Å²) in [5, 5.41) is 2.87. The van der Waals surface area contributed by atoms with Crippen LogP contribution in [0.25, 0.3) is 0 Å². The number of ketones is 1. The van der Waals surface area contributed by atoms with Crippen molar-refractivity contribution in [1.82, 2.24) is 5.32 Å². The van der Waals surface area contributed by atoms with Gasteiger partial charge < -0.3 is 19.7 Å². The van der Waals surface area contributed by atoms with Crippen LogP contribution in [0.1, 0.15) is 51.8 Å². The van der Waals surface area contributed by atoms with E-state index in [2.05, 4.69) is 17.1 Å². The molecule has 0 radical (unpaired) electrons. The Morgan fingerprint density at radius 3 is 2.28 bits per heavy atom. The van der Waals surface area contributed by atoms with Crippen molar-refractivity contribution in [3.05, 3.63) is 29.8 Å². The standard InChI is InChI=1S/C23H36N2O4.H2/c1-4-14-28-16-17-29-15-11-24-23(27)20-5-7-21(8-6-20)25-12-9-19(10-13-25)22(26)18(2)3;/h5-8,18-19H,4,9-17H2,1-3H3,(H,24,27);1H. The molecule has 0 saturated carbocycles. The van der Waals surface area contributed by atoms with Gasteiger partial charge in [0.1, 0.15) is 5.78 Å².